The fourth-order valence-electron chi connectivity index (χ4n) is 8.92. The van der Waals surface area contributed by atoms with Crippen molar-refractivity contribution in [1.82, 2.24) is 4.90 Å². The van der Waals surface area contributed by atoms with Crippen LogP contribution in [0.1, 0.15) is 40.4 Å². The van der Waals surface area contributed by atoms with E-state index in [9.17, 15) is 14.7 Å². The largest absolute Gasteiger partial charge is 0.454 e. The number of para-hydroxylation sites is 4. The van der Waals surface area contributed by atoms with E-state index in [0.29, 0.717) is 39.7 Å². The molecular weight excluding hydrogens is 726 g/mol. The summed E-state index contributed by atoms with van der Waals surface area (Å²) in [6.07, 6.45) is -0.986. The molecule has 9 nitrogen and oxygen atoms in total. The first kappa shape index (κ1) is 37.3. The Hall–Kier alpha value is -5.62. The van der Waals surface area contributed by atoms with E-state index < -0.39 is 31.6 Å². The Bertz CT molecular complexity index is 2300. The highest BCUT2D eigenvalue weighted by Crippen LogP contribution is 2.60. The molecule has 0 aliphatic carbocycles. The maximum Gasteiger partial charge on any atom is 0.266 e. The van der Waals surface area contributed by atoms with Crippen molar-refractivity contribution in [3.05, 3.63) is 150 Å². The van der Waals surface area contributed by atoms with Gasteiger partial charge in [0.1, 0.15) is 5.75 Å². The third-order valence-electron chi connectivity index (χ3n) is 11.3. The molecule has 1 saturated heterocycles. The van der Waals surface area contributed by atoms with Crippen LogP contribution >= 0.6 is 0 Å². The zero-order valence-corrected chi connectivity index (χ0v) is 32.6. The van der Waals surface area contributed by atoms with Crippen LogP contribution in [0.25, 0.3) is 0 Å². The standard InChI is InChI=1S/C45H44FN3O6Si/c1-30-42(56(2,3)46)40(27-41(51)47(24-25-50)28-31-14-5-4-6-15-31)55-45(30)35-19-8-9-20-36(35)48(44(45)53)29-32-16-13-17-33(26-32)49-37-21-10-12-23-39(37)54-38-22-11-7-18-34(38)43(49)52/h4-23,26,30,40,42,50H,24-25,27-29H2,1-3H3/t30-,40+,42-,45+/m0/s1. The summed E-state index contributed by atoms with van der Waals surface area (Å²) in [4.78, 5) is 48.1. The van der Waals surface area contributed by atoms with Crippen LogP contribution in [0.5, 0.6) is 11.5 Å². The Morgan fingerprint density at radius 2 is 1.50 bits per heavy atom. The number of hydrogen-bond acceptors (Lipinski definition) is 6. The number of nitrogens with zero attached hydrogens (tertiary/aromatic N) is 3. The molecule has 5 aromatic carbocycles. The SMILES string of the molecule is C[C@H]1[C@H]([Si](C)(C)F)[C@@H](CC(=O)N(CCO)Cc2ccccc2)O[C@]12C(=O)N(Cc1cccc(N3C(=O)c4ccccc4Oc4ccccc43)c1)c1ccccc12. The number of carbonyl (C=O) groups is 3. The van der Waals surface area contributed by atoms with E-state index in [1.807, 2.05) is 116 Å². The Balaban J connectivity index is 1.12. The van der Waals surface area contributed by atoms with Gasteiger partial charge < -0.3 is 28.5 Å². The van der Waals surface area contributed by atoms with Gasteiger partial charge in [-0.1, -0.05) is 91.9 Å². The lowest BCUT2D eigenvalue weighted by Gasteiger charge is -2.31. The lowest BCUT2D eigenvalue weighted by Crippen LogP contribution is -2.45. The number of fused-ring (bicyclic) bond motifs is 4. The molecule has 3 heterocycles. The molecule has 286 valence electrons. The zero-order chi connectivity index (χ0) is 39.2. The maximum atomic E-state index is 16.5. The summed E-state index contributed by atoms with van der Waals surface area (Å²) in [5.41, 5.74) is 2.41. The van der Waals surface area contributed by atoms with Gasteiger partial charge in [0.25, 0.3) is 11.8 Å². The minimum absolute atomic E-state index is 0.116. The zero-order valence-electron chi connectivity index (χ0n) is 31.6. The van der Waals surface area contributed by atoms with Crippen molar-refractivity contribution in [3.8, 4) is 11.5 Å². The molecule has 5 aromatic rings. The number of ether oxygens (including phenoxy) is 2. The highest BCUT2D eigenvalue weighted by Gasteiger charge is 2.67. The first-order chi connectivity index (χ1) is 27.0. The molecule has 0 unspecified atom stereocenters. The number of anilines is 3. The third kappa shape index (κ3) is 6.49. The highest BCUT2D eigenvalue weighted by molar-refractivity contribution is 6.72. The van der Waals surface area contributed by atoms with Crippen molar-refractivity contribution in [2.24, 2.45) is 5.92 Å². The minimum atomic E-state index is -3.54. The van der Waals surface area contributed by atoms with Gasteiger partial charge in [0.2, 0.25) is 14.3 Å². The Morgan fingerprint density at radius 3 is 2.25 bits per heavy atom. The minimum Gasteiger partial charge on any atom is -0.454 e. The Kier molecular flexibility index (Phi) is 9.86. The van der Waals surface area contributed by atoms with Gasteiger partial charge in [-0.25, -0.2) is 0 Å². The van der Waals surface area contributed by atoms with Crippen LogP contribution < -0.4 is 14.5 Å². The van der Waals surface area contributed by atoms with Crippen LogP contribution in [0.3, 0.4) is 0 Å². The van der Waals surface area contributed by atoms with E-state index >= 15 is 8.90 Å². The van der Waals surface area contributed by atoms with Crippen LogP contribution in [0, 0.1) is 5.92 Å². The van der Waals surface area contributed by atoms with Gasteiger partial charge >= 0.3 is 0 Å². The molecule has 3 amide bonds. The average Bonchev–Trinajstić information content (AvgIpc) is 3.56. The molecule has 1 spiro atoms. The molecule has 0 saturated carbocycles. The third-order valence-corrected chi connectivity index (χ3v) is 13.8. The van der Waals surface area contributed by atoms with Crippen LogP contribution in [0.4, 0.5) is 21.2 Å². The summed E-state index contributed by atoms with van der Waals surface area (Å²) >= 11 is 0. The summed E-state index contributed by atoms with van der Waals surface area (Å²) in [7, 11) is -3.54. The van der Waals surface area contributed by atoms with Crippen molar-refractivity contribution in [2.45, 2.75) is 56.8 Å². The van der Waals surface area contributed by atoms with Crippen LogP contribution in [-0.2, 0) is 33.0 Å². The summed E-state index contributed by atoms with van der Waals surface area (Å²) in [5, 5.41) is 9.86. The van der Waals surface area contributed by atoms with E-state index in [2.05, 4.69) is 0 Å². The molecule has 0 aromatic heterocycles. The predicted octanol–water partition coefficient (Wildman–Crippen LogP) is 8.50. The second-order valence-corrected chi connectivity index (χ2v) is 19.1. The summed E-state index contributed by atoms with van der Waals surface area (Å²) in [5.74, 6) is -0.410. The van der Waals surface area contributed by atoms with Crippen LogP contribution in [0.15, 0.2) is 127 Å². The molecule has 0 bridgehead atoms. The van der Waals surface area contributed by atoms with Crippen LogP contribution in [0.2, 0.25) is 18.6 Å². The van der Waals surface area contributed by atoms with Gasteiger partial charge in [-0.3, -0.25) is 19.3 Å². The van der Waals surface area contributed by atoms with E-state index in [1.165, 1.54) is 0 Å². The smallest absolute Gasteiger partial charge is 0.266 e. The van der Waals surface area contributed by atoms with Gasteiger partial charge in [0, 0.05) is 35.8 Å². The van der Waals surface area contributed by atoms with Gasteiger partial charge in [0.05, 0.1) is 42.6 Å². The summed E-state index contributed by atoms with van der Waals surface area (Å²) < 4.78 is 29.6. The topological polar surface area (TPSA) is 99.6 Å². The molecule has 8 rings (SSSR count). The number of rotatable bonds is 10. The maximum absolute atomic E-state index is 16.5. The van der Waals surface area contributed by atoms with Crippen molar-refractivity contribution >= 4 is 43.2 Å². The highest BCUT2D eigenvalue weighted by atomic mass is 28.4. The number of carbonyl (C=O) groups excluding carboxylic acids is 3. The molecule has 56 heavy (non-hydrogen) atoms. The molecular formula is C45H44FN3O6Si. The molecule has 11 heteroatoms. The lowest BCUT2D eigenvalue weighted by atomic mass is 9.82. The van der Waals surface area contributed by atoms with Gasteiger partial charge in [-0.2, -0.15) is 0 Å². The van der Waals surface area contributed by atoms with Gasteiger partial charge in [-0.15, -0.1) is 0 Å². The predicted molar refractivity (Wildman–Crippen MR) is 215 cm³/mol. The van der Waals surface area contributed by atoms with E-state index in [0.717, 1.165) is 11.1 Å². The Labute approximate surface area is 327 Å². The van der Waals surface area contributed by atoms with Crippen LogP contribution in [-0.4, -0.2) is 55.4 Å². The van der Waals surface area contributed by atoms with Crippen molar-refractivity contribution in [2.75, 3.05) is 23.0 Å². The normalized spacial score (nSPS) is 21.3. The van der Waals surface area contributed by atoms with Crippen molar-refractivity contribution < 1.29 is 33.1 Å². The summed E-state index contributed by atoms with van der Waals surface area (Å²) in [6, 6.07) is 39.0. The number of aliphatic hydroxyl groups excluding tert-OH is 1. The molecule has 1 N–H and O–H groups in total. The monoisotopic (exact) mass is 769 g/mol. The first-order valence-electron chi connectivity index (χ1n) is 19.0. The number of aliphatic hydroxyl groups is 1. The summed E-state index contributed by atoms with van der Waals surface area (Å²) in [6.45, 7) is 5.44. The number of hydrogen-bond donors (Lipinski definition) is 1. The molecule has 0 radical (unpaired) electrons. The average molecular weight is 770 g/mol. The second kappa shape index (κ2) is 14.8. The number of benzene rings is 5. The first-order valence-corrected chi connectivity index (χ1v) is 22.0. The fourth-order valence-corrected chi connectivity index (χ4v) is 11.4. The molecule has 4 atom stereocenters. The molecule has 1 fully saturated rings. The van der Waals surface area contributed by atoms with E-state index in [1.54, 1.807) is 46.0 Å². The second-order valence-electron chi connectivity index (χ2n) is 15.3. The molecule has 3 aliphatic rings. The molecule has 3 aliphatic heterocycles. The number of amides is 3. The Morgan fingerprint density at radius 1 is 0.839 bits per heavy atom. The van der Waals surface area contributed by atoms with Gasteiger partial charge in [-0.05, 0) is 66.7 Å². The fraction of sp³-hybridized carbons (Fsp3) is 0.267. The quantitative estimate of drug-likeness (QED) is 0.113. The van der Waals surface area contributed by atoms with E-state index in [-0.39, 0.29) is 50.4 Å². The van der Waals surface area contributed by atoms with E-state index in [4.69, 9.17) is 9.47 Å². The number of halogens is 1. The lowest BCUT2D eigenvalue weighted by molar-refractivity contribution is -0.150. The van der Waals surface area contributed by atoms with Crippen molar-refractivity contribution in [1.29, 1.82) is 0 Å². The van der Waals surface area contributed by atoms with Crippen molar-refractivity contribution in [3.63, 3.8) is 0 Å². The van der Waals surface area contributed by atoms with Gasteiger partial charge in [0.15, 0.2) is 11.4 Å².